The van der Waals surface area contributed by atoms with Gasteiger partial charge in [0.1, 0.15) is 5.60 Å². The highest BCUT2D eigenvalue weighted by atomic mass is 16.6. The highest BCUT2D eigenvalue weighted by Gasteiger charge is 2.48. The molecule has 0 aliphatic heterocycles. The van der Waals surface area contributed by atoms with E-state index in [0.29, 0.717) is 12.3 Å². The van der Waals surface area contributed by atoms with Crippen molar-refractivity contribution in [2.24, 2.45) is 11.3 Å². The van der Waals surface area contributed by atoms with E-state index in [9.17, 15) is 9.59 Å². The number of nitrogens with one attached hydrogen (secondary N) is 1. The average Bonchev–Trinajstić information content (AvgIpc) is 2.19. The summed E-state index contributed by atoms with van der Waals surface area (Å²) in [5.41, 5.74) is -0.576. The van der Waals surface area contributed by atoms with Crippen molar-refractivity contribution in [3.63, 3.8) is 0 Å². The van der Waals surface area contributed by atoms with Crippen LogP contribution in [0.4, 0.5) is 4.79 Å². The second-order valence-corrected chi connectivity index (χ2v) is 6.89. The first-order valence-electron chi connectivity index (χ1n) is 6.73. The van der Waals surface area contributed by atoms with Crippen LogP contribution < -0.4 is 5.32 Å². The summed E-state index contributed by atoms with van der Waals surface area (Å²) in [4.78, 5) is 22.3. The first-order valence-corrected chi connectivity index (χ1v) is 6.73. The second-order valence-electron chi connectivity index (χ2n) is 6.89. The fraction of sp³-hybridized carbons (Fsp3) is 0.857. The summed E-state index contributed by atoms with van der Waals surface area (Å²) in [6, 6.07) is 0.0566. The van der Waals surface area contributed by atoms with Crippen molar-refractivity contribution >= 4 is 12.1 Å². The summed E-state index contributed by atoms with van der Waals surface area (Å²) in [7, 11) is 0. The number of carbonyl (C=O) groups is 2. The van der Waals surface area contributed by atoms with Gasteiger partial charge in [-0.1, -0.05) is 13.8 Å². The number of hydrogen-bond acceptors (Lipinski definition) is 3. The Bertz CT molecular complexity index is 357. The van der Waals surface area contributed by atoms with Crippen LogP contribution in [-0.4, -0.2) is 28.8 Å². The summed E-state index contributed by atoms with van der Waals surface area (Å²) in [6.45, 7) is 9.60. The van der Waals surface area contributed by atoms with Gasteiger partial charge < -0.3 is 15.2 Å². The van der Waals surface area contributed by atoms with Crippen LogP contribution in [0, 0.1) is 11.3 Å². The van der Waals surface area contributed by atoms with E-state index in [-0.39, 0.29) is 17.9 Å². The summed E-state index contributed by atoms with van der Waals surface area (Å²) >= 11 is 0. The van der Waals surface area contributed by atoms with Crippen LogP contribution in [0.25, 0.3) is 0 Å². The minimum atomic E-state index is -0.764. The van der Waals surface area contributed by atoms with E-state index in [1.54, 1.807) is 0 Å². The smallest absolute Gasteiger partial charge is 0.407 e. The summed E-state index contributed by atoms with van der Waals surface area (Å²) in [5, 5.41) is 11.6. The van der Waals surface area contributed by atoms with Gasteiger partial charge >= 0.3 is 12.1 Å². The van der Waals surface area contributed by atoms with E-state index in [1.807, 2.05) is 20.8 Å². The number of alkyl carbamates (subject to hydrolysis) is 1. The van der Waals surface area contributed by atoms with Gasteiger partial charge in [-0.05, 0) is 44.9 Å². The molecule has 0 bridgehead atoms. The molecule has 1 fully saturated rings. The summed E-state index contributed by atoms with van der Waals surface area (Å²) in [6.07, 6.45) is 1.27. The maximum Gasteiger partial charge on any atom is 0.407 e. The topological polar surface area (TPSA) is 75.6 Å². The third-order valence-corrected chi connectivity index (χ3v) is 3.87. The Balaban J connectivity index is 2.42. The number of aliphatic carboxylic acids is 1. The molecule has 19 heavy (non-hydrogen) atoms. The van der Waals surface area contributed by atoms with Crippen molar-refractivity contribution in [3.8, 4) is 0 Å². The van der Waals surface area contributed by atoms with E-state index in [4.69, 9.17) is 9.84 Å². The van der Waals surface area contributed by atoms with Gasteiger partial charge in [-0.15, -0.1) is 0 Å². The van der Waals surface area contributed by atoms with E-state index < -0.39 is 17.7 Å². The van der Waals surface area contributed by atoms with Gasteiger partial charge in [0.15, 0.2) is 0 Å². The predicted octanol–water partition coefficient (Wildman–Crippen LogP) is 2.79. The Labute approximate surface area is 114 Å². The fourth-order valence-corrected chi connectivity index (χ4v) is 2.50. The van der Waals surface area contributed by atoms with Gasteiger partial charge in [0.25, 0.3) is 0 Å². The van der Waals surface area contributed by atoms with Gasteiger partial charge in [-0.3, -0.25) is 4.79 Å². The molecule has 1 aliphatic carbocycles. The number of carboxylic acids is 1. The van der Waals surface area contributed by atoms with Gasteiger partial charge in [0.2, 0.25) is 0 Å². The molecule has 0 aromatic heterocycles. The van der Waals surface area contributed by atoms with Crippen molar-refractivity contribution in [2.45, 2.75) is 65.5 Å². The number of hydrogen-bond donors (Lipinski definition) is 2. The molecule has 0 heterocycles. The third kappa shape index (κ3) is 4.40. The molecular formula is C14H25NO4. The highest BCUT2D eigenvalue weighted by molar-refractivity contribution is 5.68. The molecule has 1 aliphatic rings. The second kappa shape index (κ2) is 5.39. The van der Waals surface area contributed by atoms with Crippen LogP contribution in [0.1, 0.15) is 53.9 Å². The number of amides is 1. The van der Waals surface area contributed by atoms with Crippen LogP contribution in [0.3, 0.4) is 0 Å². The van der Waals surface area contributed by atoms with Crippen LogP contribution in [0.5, 0.6) is 0 Å². The average molecular weight is 271 g/mol. The standard InChI is InChI=1S/C14H25NO4/c1-13(2,3)19-12(18)15-10-8-9(14(10,4)5)6-7-11(16)17/h9-10H,6-8H2,1-5H3,(H,15,18)(H,16,17)/t9-,10+/m1/s1. The SMILES string of the molecule is CC(C)(C)OC(=O)N[C@H]1C[C@@H](CCC(=O)O)C1(C)C. The van der Waals surface area contributed by atoms with E-state index >= 15 is 0 Å². The predicted molar refractivity (Wildman–Crippen MR) is 71.9 cm³/mol. The molecule has 5 nitrogen and oxygen atoms in total. The van der Waals surface area contributed by atoms with Crippen LogP contribution in [0.2, 0.25) is 0 Å². The molecule has 0 radical (unpaired) electrons. The minimum absolute atomic E-state index is 0.0566. The fourth-order valence-electron chi connectivity index (χ4n) is 2.50. The van der Waals surface area contributed by atoms with Crippen LogP contribution in [0.15, 0.2) is 0 Å². The first-order chi connectivity index (χ1) is 8.52. The van der Waals surface area contributed by atoms with Crippen molar-refractivity contribution in [1.82, 2.24) is 5.32 Å². The monoisotopic (exact) mass is 271 g/mol. The third-order valence-electron chi connectivity index (χ3n) is 3.87. The van der Waals surface area contributed by atoms with Crippen molar-refractivity contribution in [2.75, 3.05) is 0 Å². The normalized spacial score (nSPS) is 25.3. The molecule has 2 atom stereocenters. The molecule has 0 saturated heterocycles. The first kappa shape index (κ1) is 15.8. The Morgan fingerprint density at radius 1 is 1.37 bits per heavy atom. The largest absolute Gasteiger partial charge is 0.481 e. The summed E-state index contributed by atoms with van der Waals surface area (Å²) < 4.78 is 5.23. The maximum atomic E-state index is 11.7. The molecule has 0 spiro atoms. The van der Waals surface area contributed by atoms with E-state index in [0.717, 1.165) is 6.42 Å². The Hall–Kier alpha value is -1.26. The molecule has 0 aromatic carbocycles. The molecule has 5 heteroatoms. The lowest BCUT2D eigenvalue weighted by molar-refractivity contribution is -0.138. The van der Waals surface area contributed by atoms with Crippen LogP contribution in [-0.2, 0) is 9.53 Å². The summed E-state index contributed by atoms with van der Waals surface area (Å²) in [5.74, 6) is -0.428. The van der Waals surface area contributed by atoms with Gasteiger partial charge in [0, 0.05) is 12.5 Å². The molecule has 1 amide bonds. The van der Waals surface area contributed by atoms with E-state index in [1.165, 1.54) is 0 Å². The lowest BCUT2D eigenvalue weighted by Gasteiger charge is -2.52. The Morgan fingerprint density at radius 2 is 1.95 bits per heavy atom. The maximum absolute atomic E-state index is 11.7. The van der Waals surface area contributed by atoms with E-state index in [2.05, 4.69) is 19.2 Å². The number of carbonyl (C=O) groups excluding carboxylic acids is 1. The zero-order chi connectivity index (χ0) is 14.8. The van der Waals surface area contributed by atoms with Gasteiger partial charge in [-0.25, -0.2) is 4.79 Å². The molecule has 1 rings (SSSR count). The minimum Gasteiger partial charge on any atom is -0.481 e. The van der Waals surface area contributed by atoms with Crippen molar-refractivity contribution in [3.05, 3.63) is 0 Å². The molecule has 2 N–H and O–H groups in total. The number of rotatable bonds is 4. The van der Waals surface area contributed by atoms with Crippen molar-refractivity contribution < 1.29 is 19.4 Å². The zero-order valence-electron chi connectivity index (χ0n) is 12.4. The lowest BCUT2D eigenvalue weighted by Crippen LogP contribution is -2.58. The highest BCUT2D eigenvalue weighted by Crippen LogP contribution is 2.48. The van der Waals surface area contributed by atoms with Gasteiger partial charge in [-0.2, -0.15) is 0 Å². The molecule has 0 aromatic rings. The van der Waals surface area contributed by atoms with Gasteiger partial charge in [0.05, 0.1) is 0 Å². The zero-order valence-corrected chi connectivity index (χ0v) is 12.4. The number of ether oxygens (including phenoxy) is 1. The lowest BCUT2D eigenvalue weighted by atomic mass is 9.57. The van der Waals surface area contributed by atoms with Crippen LogP contribution >= 0.6 is 0 Å². The Morgan fingerprint density at radius 3 is 2.37 bits per heavy atom. The molecular weight excluding hydrogens is 246 g/mol. The quantitative estimate of drug-likeness (QED) is 0.824. The molecule has 110 valence electrons. The van der Waals surface area contributed by atoms with Crippen molar-refractivity contribution in [1.29, 1.82) is 0 Å². The molecule has 1 saturated carbocycles. The number of carboxylic acid groups (broad SMARTS) is 1. The molecule has 0 unspecified atom stereocenters. The Kier molecular flexibility index (Phi) is 4.48.